The van der Waals surface area contributed by atoms with Gasteiger partial charge in [0.1, 0.15) is 17.2 Å². The average Bonchev–Trinajstić information content (AvgIpc) is 2.50. The third kappa shape index (κ3) is 8.06. The molecule has 2 amide bonds. The molecule has 7 nitrogen and oxygen atoms in total. The lowest BCUT2D eigenvalue weighted by atomic mass is 10.2. The highest BCUT2D eigenvalue weighted by atomic mass is 29.9. The molecule has 0 fully saturated rings. The minimum absolute atomic E-state index is 0.499. The maximum atomic E-state index is 13.4. The minimum atomic E-state index is -2.16. The first kappa shape index (κ1) is 33.1. The summed E-state index contributed by atoms with van der Waals surface area (Å²) in [5, 5.41) is 0. The fourth-order valence-corrected chi connectivity index (χ4v) is 104. The predicted octanol–water partition coefficient (Wildman–Crippen LogP) is 6.40. The quantitative estimate of drug-likeness (QED) is 0.208. The monoisotopic (exact) mass is 549 g/mol. The molecule has 0 heterocycles. The van der Waals surface area contributed by atoms with E-state index in [4.69, 9.17) is 14.2 Å². The third-order valence-electron chi connectivity index (χ3n) is 6.31. The summed E-state index contributed by atoms with van der Waals surface area (Å²) in [5.74, 6) is -0.594. The zero-order valence-corrected chi connectivity index (χ0v) is 28.7. The van der Waals surface area contributed by atoms with Crippen LogP contribution in [0.5, 0.6) is 0 Å². The zero-order chi connectivity index (χ0) is 27.7. The van der Waals surface area contributed by atoms with Crippen LogP contribution < -0.4 is 0 Å². The fraction of sp³-hybridized carbons (Fsp3) is 0.870. The van der Waals surface area contributed by atoms with Crippen molar-refractivity contribution >= 4 is 47.6 Å². The van der Waals surface area contributed by atoms with Gasteiger partial charge in [-0.05, 0) is 47.6 Å². The van der Waals surface area contributed by atoms with E-state index in [2.05, 4.69) is 58.9 Å². The van der Waals surface area contributed by atoms with Gasteiger partial charge in [0.05, 0.1) is 7.11 Å². The number of carbonyl (C=O) groups excluding carboxylic acids is 3. The third-order valence-corrected chi connectivity index (χ3v) is 80.4. The number of hydrogen-bond acceptors (Lipinski definition) is 6. The standard InChI is InChI=1S/C23H51NO6Si4/c1-22(2,3)29-20(26)24(21(27)30-23(4,5)6)18(19(25)28-7)17-34(31(8,9)10,32(11,12)13)33(14,15)16/h18H,17H2,1-16H3. The van der Waals surface area contributed by atoms with E-state index in [1.165, 1.54) is 7.11 Å². The second-order valence-electron chi connectivity index (χ2n) is 14.2. The van der Waals surface area contributed by atoms with Gasteiger partial charge in [-0.3, -0.25) is 0 Å². The SMILES string of the molecule is COC(=O)C(C[Si]([Si](C)(C)C)([Si](C)(C)C)[Si](C)(C)C)N(C(=O)OC(C)(C)C)C(=O)OC(C)(C)C. The van der Waals surface area contributed by atoms with E-state index in [9.17, 15) is 14.4 Å². The summed E-state index contributed by atoms with van der Waals surface area (Å²) in [7, 11) is -4.14. The summed E-state index contributed by atoms with van der Waals surface area (Å²) in [4.78, 5) is 41.1. The molecule has 11 heteroatoms. The molecule has 200 valence electrons. The first-order valence-corrected chi connectivity index (χ1v) is 27.8. The number of amides is 2. The molecule has 1 unspecified atom stereocenters. The van der Waals surface area contributed by atoms with Crippen molar-refractivity contribution in [3.63, 3.8) is 0 Å². The molecule has 0 radical (unpaired) electrons. The number of rotatable bonds is 7. The Hall–Kier alpha value is -0.922. The second kappa shape index (κ2) is 10.6. The Morgan fingerprint density at radius 2 is 0.971 bits per heavy atom. The van der Waals surface area contributed by atoms with Gasteiger partial charge in [0.15, 0.2) is 0 Å². The van der Waals surface area contributed by atoms with Crippen molar-refractivity contribution < 1.29 is 28.6 Å². The summed E-state index contributed by atoms with van der Waals surface area (Å²) >= 11 is 0. The van der Waals surface area contributed by atoms with Gasteiger partial charge in [0.2, 0.25) is 0 Å². The second-order valence-corrected chi connectivity index (χ2v) is 55.6. The molecule has 0 saturated carbocycles. The normalized spacial score (nSPS) is 14.8. The van der Waals surface area contributed by atoms with Gasteiger partial charge < -0.3 is 14.2 Å². The van der Waals surface area contributed by atoms with Crippen molar-refractivity contribution in [1.82, 2.24) is 4.90 Å². The van der Waals surface area contributed by atoms with Gasteiger partial charge in [-0.15, -0.1) is 0 Å². The fourth-order valence-electron chi connectivity index (χ4n) is 5.95. The Morgan fingerprint density at radius 1 is 0.676 bits per heavy atom. The highest BCUT2D eigenvalue weighted by Crippen LogP contribution is 2.42. The van der Waals surface area contributed by atoms with E-state index in [-0.39, 0.29) is 0 Å². The Labute approximate surface area is 211 Å². The smallest absolute Gasteiger partial charge is 0.420 e. The van der Waals surface area contributed by atoms with E-state index in [0.29, 0.717) is 6.04 Å². The molecule has 0 aliphatic rings. The van der Waals surface area contributed by atoms with Crippen LogP contribution in [-0.2, 0) is 19.0 Å². The van der Waals surface area contributed by atoms with Crippen molar-refractivity contribution in [2.75, 3.05) is 7.11 Å². The summed E-state index contributed by atoms with van der Waals surface area (Å²) in [5.41, 5.74) is -1.69. The van der Waals surface area contributed by atoms with Crippen molar-refractivity contribution in [1.29, 1.82) is 0 Å². The highest BCUT2D eigenvalue weighted by molar-refractivity contribution is 7.89. The summed E-state index contributed by atoms with van der Waals surface area (Å²) in [6.07, 6.45) is -1.75. The summed E-state index contributed by atoms with van der Waals surface area (Å²) in [6, 6.07) is -0.578. The van der Waals surface area contributed by atoms with Crippen LogP contribution in [-0.4, -0.2) is 76.8 Å². The van der Waals surface area contributed by atoms with E-state index in [1.54, 1.807) is 41.5 Å². The lowest BCUT2D eigenvalue weighted by Gasteiger charge is -2.58. The number of imide groups is 1. The Bertz CT molecular complexity index is 688. The molecule has 34 heavy (non-hydrogen) atoms. The maximum absolute atomic E-state index is 13.4. The molecule has 0 aromatic carbocycles. The van der Waals surface area contributed by atoms with Gasteiger partial charge in [-0.25, -0.2) is 14.4 Å². The van der Waals surface area contributed by atoms with Crippen LogP contribution in [0.4, 0.5) is 9.59 Å². The van der Waals surface area contributed by atoms with Crippen LogP contribution in [0.2, 0.25) is 65.0 Å². The molecule has 0 rings (SSSR count). The molecule has 1 atom stereocenters. The molecule has 0 aromatic rings. The molecule has 0 aliphatic heterocycles. The van der Waals surface area contributed by atoms with Crippen LogP contribution >= 0.6 is 0 Å². The van der Waals surface area contributed by atoms with Gasteiger partial charge in [0, 0.05) is 29.4 Å². The number of nitrogens with zero attached hydrogens (tertiary/aromatic N) is 1. The Balaban J connectivity index is 7.14. The van der Waals surface area contributed by atoms with Gasteiger partial charge >= 0.3 is 18.2 Å². The molecule has 0 saturated heterocycles. The van der Waals surface area contributed by atoms with Crippen LogP contribution in [0.25, 0.3) is 0 Å². The number of carbonyl (C=O) groups is 3. The first-order chi connectivity index (χ1) is 14.7. The number of ether oxygens (including phenoxy) is 3. The molecule has 0 aromatic heterocycles. The van der Waals surface area contributed by atoms with Crippen molar-refractivity contribution in [2.45, 2.75) is 124 Å². The van der Waals surface area contributed by atoms with Crippen LogP contribution in [0.1, 0.15) is 41.5 Å². The first-order valence-electron chi connectivity index (χ1n) is 12.0. The van der Waals surface area contributed by atoms with Crippen molar-refractivity contribution in [2.24, 2.45) is 0 Å². The van der Waals surface area contributed by atoms with Crippen molar-refractivity contribution in [3.8, 4) is 0 Å². The zero-order valence-electron chi connectivity index (χ0n) is 24.7. The van der Waals surface area contributed by atoms with Crippen LogP contribution in [0.15, 0.2) is 0 Å². The molecule has 0 N–H and O–H groups in total. The highest BCUT2D eigenvalue weighted by Gasteiger charge is 2.63. The van der Waals surface area contributed by atoms with E-state index in [1.807, 2.05) is 0 Å². The molecular formula is C23H51NO6Si4. The van der Waals surface area contributed by atoms with Crippen LogP contribution in [0.3, 0.4) is 0 Å². The van der Waals surface area contributed by atoms with Gasteiger partial charge in [-0.1, -0.05) is 58.9 Å². The minimum Gasteiger partial charge on any atom is -0.467 e. The topological polar surface area (TPSA) is 82.1 Å². The summed E-state index contributed by atoms with van der Waals surface area (Å²) < 4.78 is 16.4. The molecular weight excluding hydrogens is 499 g/mol. The molecule has 0 bridgehead atoms. The van der Waals surface area contributed by atoms with E-state index >= 15 is 0 Å². The lowest BCUT2D eigenvalue weighted by Crippen LogP contribution is -2.84. The molecule has 0 spiro atoms. The maximum Gasteiger partial charge on any atom is 0.420 e. The van der Waals surface area contributed by atoms with E-state index in [0.717, 1.165) is 4.90 Å². The van der Waals surface area contributed by atoms with Gasteiger partial charge in [-0.2, -0.15) is 4.90 Å². The molecule has 0 aliphatic carbocycles. The predicted molar refractivity (Wildman–Crippen MR) is 151 cm³/mol. The van der Waals surface area contributed by atoms with Crippen molar-refractivity contribution in [3.05, 3.63) is 0 Å². The Kier molecular flexibility index (Phi) is 10.3. The largest absolute Gasteiger partial charge is 0.467 e. The van der Waals surface area contributed by atoms with E-state index < -0.39 is 64.8 Å². The Morgan fingerprint density at radius 3 is 1.18 bits per heavy atom. The number of methoxy groups -OCH3 is 1. The van der Waals surface area contributed by atoms with Gasteiger partial charge in [0.25, 0.3) is 0 Å². The van der Waals surface area contributed by atoms with Crippen LogP contribution in [0, 0.1) is 0 Å². The number of esters is 1. The average molecular weight is 550 g/mol. The number of hydrogen-bond donors (Lipinski definition) is 0. The lowest BCUT2D eigenvalue weighted by molar-refractivity contribution is -0.146. The summed E-state index contributed by atoms with van der Waals surface area (Å²) in [6.45, 7) is 29.8.